The number of fused-ring (bicyclic) bond motifs is 1. The van der Waals surface area contributed by atoms with Crippen LogP contribution in [0.15, 0.2) is 78.5 Å². The molecule has 0 aliphatic heterocycles. The Labute approximate surface area is 218 Å². The van der Waals surface area contributed by atoms with E-state index in [0.29, 0.717) is 10.9 Å². The smallest absolute Gasteiger partial charge is 0.231 e. The molecule has 4 N–H and O–H groups in total. The Balaban J connectivity index is 1.54. The van der Waals surface area contributed by atoms with E-state index in [1.54, 1.807) is 18.5 Å². The lowest BCUT2D eigenvalue weighted by molar-refractivity contribution is 0.441. The number of aromatic amines is 2. The molecule has 10 heteroatoms. The number of nitrogens with one attached hydrogen (secondary N) is 2. The molecule has 0 atom stereocenters. The number of benzene rings is 3. The van der Waals surface area contributed by atoms with E-state index in [1.807, 2.05) is 44.2 Å². The molecule has 7 nitrogen and oxygen atoms in total. The summed E-state index contributed by atoms with van der Waals surface area (Å²) in [5, 5.41) is 6.38. The van der Waals surface area contributed by atoms with Gasteiger partial charge in [-0.15, -0.1) is 0 Å². The summed E-state index contributed by atoms with van der Waals surface area (Å²) in [4.78, 5) is 10.5. The van der Waals surface area contributed by atoms with Crippen LogP contribution in [-0.4, -0.2) is 23.4 Å². The third-order valence-electron chi connectivity index (χ3n) is 6.38. The minimum Gasteiger partial charge on any atom is -0.454 e. The van der Waals surface area contributed by atoms with Gasteiger partial charge in [-0.3, -0.25) is 0 Å². The van der Waals surface area contributed by atoms with Gasteiger partial charge in [0.1, 0.15) is 17.4 Å². The second kappa shape index (κ2) is 9.55. The number of hydrogen-bond acceptors (Lipinski definition) is 4. The number of aromatic nitrogens is 3. The molecule has 0 radical (unpaired) electrons. The van der Waals surface area contributed by atoms with Crippen LogP contribution in [0.4, 0.5) is 8.78 Å². The molecule has 194 valence electrons. The number of sulfonamides is 1. The van der Waals surface area contributed by atoms with Gasteiger partial charge in [0.05, 0.1) is 5.56 Å². The van der Waals surface area contributed by atoms with Crippen LogP contribution in [0.3, 0.4) is 0 Å². The predicted octanol–water partition coefficient (Wildman–Crippen LogP) is 6.21. The first-order valence-corrected chi connectivity index (χ1v) is 13.2. The maximum Gasteiger partial charge on any atom is 0.231 e. The van der Waals surface area contributed by atoms with Gasteiger partial charge in [0.15, 0.2) is 11.6 Å². The summed E-state index contributed by atoms with van der Waals surface area (Å²) in [6.07, 6.45) is 4.41. The molecule has 38 heavy (non-hydrogen) atoms. The number of rotatable bonds is 7. The van der Waals surface area contributed by atoms with E-state index in [1.165, 1.54) is 30.3 Å². The van der Waals surface area contributed by atoms with Crippen LogP contribution >= 0.6 is 0 Å². The SMILES string of the molecule is CC(C)(c1ccccc1)c1cnc(-c2cc(Oc3c(F)cc4[nH]ccc4c3/C=C/S(N)(=O)=O)ccc2F)[nH]1. The zero-order valence-electron chi connectivity index (χ0n) is 20.5. The number of primary sulfonamides is 1. The summed E-state index contributed by atoms with van der Waals surface area (Å²) in [6.45, 7) is 4.07. The Kier molecular flexibility index (Phi) is 6.38. The zero-order chi connectivity index (χ0) is 27.1. The van der Waals surface area contributed by atoms with Crippen molar-refractivity contribution in [2.24, 2.45) is 5.14 Å². The normalized spacial score (nSPS) is 12.4. The van der Waals surface area contributed by atoms with Gasteiger partial charge >= 0.3 is 0 Å². The molecule has 0 spiro atoms. The topological polar surface area (TPSA) is 114 Å². The highest BCUT2D eigenvalue weighted by Crippen LogP contribution is 2.37. The quantitative estimate of drug-likeness (QED) is 0.230. The minimum absolute atomic E-state index is 0.126. The average Bonchev–Trinajstić information content (AvgIpc) is 3.55. The van der Waals surface area contributed by atoms with Crippen molar-refractivity contribution in [1.82, 2.24) is 15.0 Å². The fourth-order valence-corrected chi connectivity index (χ4v) is 4.59. The van der Waals surface area contributed by atoms with Crippen molar-refractivity contribution in [3.63, 3.8) is 0 Å². The summed E-state index contributed by atoms with van der Waals surface area (Å²) in [5.74, 6) is -1.13. The molecular weight excluding hydrogens is 510 g/mol. The fraction of sp³-hybridized carbons (Fsp3) is 0.107. The molecule has 2 heterocycles. The molecule has 0 bridgehead atoms. The Morgan fingerprint density at radius 1 is 1.03 bits per heavy atom. The van der Waals surface area contributed by atoms with E-state index in [9.17, 15) is 12.8 Å². The van der Waals surface area contributed by atoms with Crippen molar-refractivity contribution in [1.29, 1.82) is 0 Å². The van der Waals surface area contributed by atoms with Crippen LogP contribution in [-0.2, 0) is 15.4 Å². The van der Waals surface area contributed by atoms with Crippen LogP contribution in [0.1, 0.15) is 30.7 Å². The van der Waals surface area contributed by atoms with Gasteiger partial charge in [-0.2, -0.15) is 0 Å². The van der Waals surface area contributed by atoms with Gasteiger partial charge in [-0.1, -0.05) is 44.2 Å². The number of nitrogens with two attached hydrogens (primary N) is 1. The second-order valence-corrected chi connectivity index (χ2v) is 10.8. The molecule has 0 aliphatic rings. The van der Waals surface area contributed by atoms with E-state index in [-0.39, 0.29) is 28.5 Å². The number of halogens is 2. The molecule has 0 saturated heterocycles. The Bertz CT molecular complexity index is 1770. The highest BCUT2D eigenvalue weighted by atomic mass is 32.2. The summed E-state index contributed by atoms with van der Waals surface area (Å²) < 4.78 is 58.9. The highest BCUT2D eigenvalue weighted by molar-refractivity contribution is 7.92. The highest BCUT2D eigenvalue weighted by Gasteiger charge is 2.26. The third-order valence-corrected chi connectivity index (χ3v) is 6.90. The lowest BCUT2D eigenvalue weighted by Gasteiger charge is -2.23. The lowest BCUT2D eigenvalue weighted by Crippen LogP contribution is -2.19. The number of H-pyrrole nitrogens is 2. The van der Waals surface area contributed by atoms with E-state index in [4.69, 9.17) is 9.88 Å². The van der Waals surface area contributed by atoms with Crippen molar-refractivity contribution in [3.05, 3.63) is 107 Å². The van der Waals surface area contributed by atoms with Gasteiger partial charge in [-0.05, 0) is 35.9 Å². The third kappa shape index (κ3) is 4.96. The summed E-state index contributed by atoms with van der Waals surface area (Å²) in [5.41, 5.74) is 2.14. The average molecular weight is 535 g/mol. The maximum absolute atomic E-state index is 15.1. The zero-order valence-corrected chi connectivity index (χ0v) is 21.3. The van der Waals surface area contributed by atoms with Gasteiger partial charge in [0.2, 0.25) is 10.0 Å². The van der Waals surface area contributed by atoms with E-state index in [2.05, 4.69) is 15.0 Å². The van der Waals surface area contributed by atoms with Crippen LogP contribution in [0.5, 0.6) is 11.5 Å². The van der Waals surface area contributed by atoms with Crippen LogP contribution in [0, 0.1) is 11.6 Å². The molecule has 5 aromatic rings. The van der Waals surface area contributed by atoms with Crippen LogP contribution in [0.25, 0.3) is 28.4 Å². The molecule has 0 aliphatic carbocycles. The molecule has 0 saturated carbocycles. The summed E-state index contributed by atoms with van der Waals surface area (Å²) in [6, 6.07) is 16.7. The number of imidazole rings is 1. The first kappa shape index (κ1) is 25.4. The summed E-state index contributed by atoms with van der Waals surface area (Å²) in [7, 11) is -3.99. The maximum atomic E-state index is 15.1. The van der Waals surface area contributed by atoms with Crippen molar-refractivity contribution in [2.45, 2.75) is 19.3 Å². The Hall–Kier alpha value is -4.28. The van der Waals surface area contributed by atoms with Crippen molar-refractivity contribution in [2.75, 3.05) is 0 Å². The van der Waals surface area contributed by atoms with E-state index < -0.39 is 27.1 Å². The number of ether oxygens (including phenoxy) is 1. The first-order valence-electron chi connectivity index (χ1n) is 11.6. The molecular formula is C28H24F2N4O3S. The largest absolute Gasteiger partial charge is 0.454 e. The number of nitrogens with zero attached hydrogens (tertiary/aromatic N) is 1. The lowest BCUT2D eigenvalue weighted by atomic mass is 9.82. The van der Waals surface area contributed by atoms with Crippen LogP contribution in [0.2, 0.25) is 0 Å². The molecule has 2 aromatic heterocycles. The van der Waals surface area contributed by atoms with E-state index in [0.717, 1.165) is 16.7 Å². The Morgan fingerprint density at radius 2 is 1.79 bits per heavy atom. The van der Waals surface area contributed by atoms with Crippen molar-refractivity contribution in [3.8, 4) is 22.9 Å². The first-order chi connectivity index (χ1) is 18.0. The van der Waals surface area contributed by atoms with Gasteiger partial charge < -0.3 is 14.7 Å². The minimum atomic E-state index is -3.99. The Morgan fingerprint density at radius 3 is 2.53 bits per heavy atom. The standard InChI is InChI=1S/C28H24F2N4O3S/c1-28(2,17-6-4-3-5-7-17)25-16-33-27(34-25)21-14-18(8-9-22(21)29)37-26-20(11-13-38(31,35)36)19-10-12-32-24(19)15-23(26)30/h3-16,32H,1-2H3,(H,33,34)(H2,31,35,36)/b13-11+. The van der Waals surface area contributed by atoms with Gasteiger partial charge in [-0.25, -0.2) is 27.3 Å². The second-order valence-electron chi connectivity index (χ2n) is 9.31. The fourth-order valence-electron chi connectivity index (χ4n) is 4.27. The molecule has 3 aromatic carbocycles. The monoisotopic (exact) mass is 534 g/mol. The van der Waals surface area contributed by atoms with Gasteiger partial charge in [0.25, 0.3) is 0 Å². The number of hydrogen-bond donors (Lipinski definition) is 3. The van der Waals surface area contributed by atoms with Gasteiger partial charge in [0, 0.05) is 51.4 Å². The summed E-state index contributed by atoms with van der Waals surface area (Å²) >= 11 is 0. The van der Waals surface area contributed by atoms with Crippen LogP contribution < -0.4 is 9.88 Å². The molecule has 0 unspecified atom stereocenters. The molecule has 5 rings (SSSR count). The molecule has 0 fully saturated rings. The van der Waals surface area contributed by atoms with Crippen molar-refractivity contribution >= 4 is 27.0 Å². The van der Waals surface area contributed by atoms with Crippen molar-refractivity contribution < 1.29 is 21.9 Å². The predicted molar refractivity (Wildman–Crippen MR) is 143 cm³/mol. The van der Waals surface area contributed by atoms with E-state index >= 15 is 4.39 Å². The molecule has 0 amide bonds.